The predicted molar refractivity (Wildman–Crippen MR) is 70.0 cm³/mol. The molecule has 0 fully saturated rings. The summed E-state index contributed by atoms with van der Waals surface area (Å²) in [6, 6.07) is 4.21. The molecule has 0 radical (unpaired) electrons. The van der Waals surface area contributed by atoms with Gasteiger partial charge in [-0.25, -0.2) is 4.79 Å². The van der Waals surface area contributed by atoms with Crippen LogP contribution < -0.4 is 16.4 Å². The van der Waals surface area contributed by atoms with Gasteiger partial charge in [-0.3, -0.25) is 9.59 Å². The summed E-state index contributed by atoms with van der Waals surface area (Å²) in [6.07, 6.45) is 0.104. The van der Waals surface area contributed by atoms with E-state index in [2.05, 4.69) is 10.6 Å². The Kier molecular flexibility index (Phi) is 5.01. The maximum atomic E-state index is 11.4. The summed E-state index contributed by atoms with van der Waals surface area (Å²) in [7, 11) is 0. The molecular weight excluding hydrogens is 250 g/mol. The van der Waals surface area contributed by atoms with Crippen LogP contribution in [-0.2, 0) is 9.59 Å². The second-order valence-corrected chi connectivity index (χ2v) is 3.83. The lowest BCUT2D eigenvalue weighted by molar-refractivity contribution is -0.116. The molecule has 0 aromatic heterocycles. The fourth-order valence-electron chi connectivity index (χ4n) is 1.46. The number of aromatic carboxylic acids is 1. The monoisotopic (exact) mass is 265 g/mol. The van der Waals surface area contributed by atoms with Crippen molar-refractivity contribution in [1.82, 2.24) is 0 Å². The van der Waals surface area contributed by atoms with Gasteiger partial charge in [0.25, 0.3) is 0 Å². The van der Waals surface area contributed by atoms with E-state index in [9.17, 15) is 14.4 Å². The van der Waals surface area contributed by atoms with Gasteiger partial charge in [-0.1, -0.05) is 0 Å². The summed E-state index contributed by atoms with van der Waals surface area (Å²) in [5.74, 6) is -1.87. The lowest BCUT2D eigenvalue weighted by Crippen LogP contribution is -2.18. The maximum absolute atomic E-state index is 11.4. The summed E-state index contributed by atoms with van der Waals surface area (Å²) in [5, 5.41) is 14.0. The zero-order chi connectivity index (χ0) is 14.4. The van der Waals surface area contributed by atoms with Crippen molar-refractivity contribution >= 4 is 29.2 Å². The molecule has 5 N–H and O–H groups in total. The van der Waals surface area contributed by atoms with Gasteiger partial charge in [0.1, 0.15) is 0 Å². The average Bonchev–Trinajstić information content (AvgIpc) is 2.30. The Bertz CT molecular complexity index is 514. The number of carbonyl (C=O) groups excluding carboxylic acids is 2. The van der Waals surface area contributed by atoms with Crippen molar-refractivity contribution in [1.29, 1.82) is 0 Å². The third-order valence-electron chi connectivity index (χ3n) is 2.22. The van der Waals surface area contributed by atoms with Crippen LogP contribution in [-0.4, -0.2) is 29.4 Å². The van der Waals surface area contributed by atoms with E-state index in [0.717, 1.165) is 0 Å². The van der Waals surface area contributed by atoms with Gasteiger partial charge in [0, 0.05) is 25.6 Å². The molecule has 1 aromatic rings. The summed E-state index contributed by atoms with van der Waals surface area (Å²) < 4.78 is 0. The first-order valence-corrected chi connectivity index (χ1v) is 5.59. The van der Waals surface area contributed by atoms with Crippen LogP contribution in [0.15, 0.2) is 18.2 Å². The Morgan fingerprint density at radius 2 is 1.95 bits per heavy atom. The number of benzene rings is 1. The lowest BCUT2D eigenvalue weighted by Gasteiger charge is -2.10. The Morgan fingerprint density at radius 3 is 2.47 bits per heavy atom. The second-order valence-electron chi connectivity index (χ2n) is 3.83. The molecule has 7 heteroatoms. The third-order valence-corrected chi connectivity index (χ3v) is 2.22. The highest BCUT2D eigenvalue weighted by Crippen LogP contribution is 2.21. The Labute approximate surface area is 109 Å². The van der Waals surface area contributed by atoms with Crippen molar-refractivity contribution in [3.05, 3.63) is 23.8 Å². The molecule has 2 amide bonds. The van der Waals surface area contributed by atoms with Crippen LogP contribution in [0.4, 0.5) is 11.4 Å². The van der Waals surface area contributed by atoms with Crippen LogP contribution in [0.5, 0.6) is 0 Å². The smallest absolute Gasteiger partial charge is 0.337 e. The van der Waals surface area contributed by atoms with Crippen LogP contribution in [0.25, 0.3) is 0 Å². The van der Waals surface area contributed by atoms with Gasteiger partial charge in [0.05, 0.1) is 11.3 Å². The first-order chi connectivity index (χ1) is 8.93. The second kappa shape index (κ2) is 6.50. The van der Waals surface area contributed by atoms with Gasteiger partial charge in [-0.15, -0.1) is 0 Å². The van der Waals surface area contributed by atoms with E-state index in [1.165, 1.54) is 25.1 Å². The summed E-state index contributed by atoms with van der Waals surface area (Å²) in [4.78, 5) is 33.4. The van der Waals surface area contributed by atoms with Crippen molar-refractivity contribution in [3.63, 3.8) is 0 Å². The molecule has 0 spiro atoms. The normalized spacial score (nSPS) is 9.79. The lowest BCUT2D eigenvalue weighted by atomic mass is 10.1. The summed E-state index contributed by atoms with van der Waals surface area (Å²) in [6.45, 7) is 1.50. The van der Waals surface area contributed by atoms with Gasteiger partial charge < -0.3 is 21.5 Å². The predicted octanol–water partition coefficient (Wildman–Crippen LogP) is 0.630. The van der Waals surface area contributed by atoms with Gasteiger partial charge in [0.2, 0.25) is 11.8 Å². The van der Waals surface area contributed by atoms with E-state index in [1.54, 1.807) is 0 Å². The number of hydrogen-bond donors (Lipinski definition) is 4. The average molecular weight is 265 g/mol. The largest absolute Gasteiger partial charge is 0.478 e. The molecule has 0 aliphatic carbocycles. The first-order valence-electron chi connectivity index (χ1n) is 5.59. The quantitative estimate of drug-likeness (QED) is 0.622. The first kappa shape index (κ1) is 14.7. The highest BCUT2D eigenvalue weighted by Gasteiger charge is 2.13. The van der Waals surface area contributed by atoms with Crippen molar-refractivity contribution in [3.8, 4) is 0 Å². The molecule has 0 unspecified atom stereocenters. The highest BCUT2D eigenvalue weighted by atomic mass is 16.4. The molecule has 19 heavy (non-hydrogen) atoms. The fourth-order valence-corrected chi connectivity index (χ4v) is 1.46. The standard InChI is InChI=1S/C12H15N3O4/c1-7(16)14-8-2-3-10(9(6-8)12(18)19)15-11(17)4-5-13/h2-3,6H,4-5,13H2,1H3,(H,14,16)(H,15,17)(H,18,19). The molecule has 1 aromatic carbocycles. The van der Waals surface area contributed by atoms with Gasteiger partial charge in [0.15, 0.2) is 0 Å². The third kappa shape index (κ3) is 4.40. The molecule has 0 aliphatic heterocycles. The molecule has 1 rings (SSSR count). The van der Waals surface area contributed by atoms with Crippen LogP contribution in [0, 0.1) is 0 Å². The summed E-state index contributed by atoms with van der Waals surface area (Å²) in [5.41, 5.74) is 5.65. The Hall–Kier alpha value is -2.41. The minimum atomic E-state index is -1.20. The number of amides is 2. The number of nitrogens with one attached hydrogen (secondary N) is 2. The van der Waals surface area contributed by atoms with Crippen LogP contribution in [0.1, 0.15) is 23.7 Å². The molecule has 0 saturated carbocycles. The number of carboxylic acids is 1. The van der Waals surface area contributed by atoms with E-state index >= 15 is 0 Å². The van der Waals surface area contributed by atoms with Gasteiger partial charge in [-0.05, 0) is 18.2 Å². The molecule has 0 heterocycles. The zero-order valence-corrected chi connectivity index (χ0v) is 10.4. The minimum Gasteiger partial charge on any atom is -0.478 e. The maximum Gasteiger partial charge on any atom is 0.337 e. The number of rotatable bonds is 5. The number of anilines is 2. The fraction of sp³-hybridized carbons (Fsp3) is 0.250. The van der Waals surface area contributed by atoms with E-state index in [4.69, 9.17) is 10.8 Å². The van der Waals surface area contributed by atoms with Crippen LogP contribution >= 0.6 is 0 Å². The number of hydrogen-bond acceptors (Lipinski definition) is 4. The molecule has 0 atom stereocenters. The van der Waals surface area contributed by atoms with Crippen molar-refractivity contribution in [2.24, 2.45) is 5.73 Å². The molecular formula is C12H15N3O4. The van der Waals surface area contributed by atoms with E-state index < -0.39 is 5.97 Å². The van der Waals surface area contributed by atoms with Crippen LogP contribution in [0.3, 0.4) is 0 Å². The Balaban J connectivity index is 3.01. The van der Waals surface area contributed by atoms with Crippen molar-refractivity contribution < 1.29 is 19.5 Å². The van der Waals surface area contributed by atoms with E-state index in [1.807, 2.05) is 0 Å². The number of carboxylic acid groups (broad SMARTS) is 1. The van der Waals surface area contributed by atoms with E-state index in [0.29, 0.717) is 5.69 Å². The topological polar surface area (TPSA) is 122 Å². The molecule has 0 aliphatic rings. The number of carbonyl (C=O) groups is 3. The molecule has 7 nitrogen and oxygen atoms in total. The van der Waals surface area contributed by atoms with Gasteiger partial charge >= 0.3 is 5.97 Å². The van der Waals surface area contributed by atoms with Crippen molar-refractivity contribution in [2.45, 2.75) is 13.3 Å². The molecule has 102 valence electrons. The van der Waals surface area contributed by atoms with Crippen LogP contribution in [0.2, 0.25) is 0 Å². The Morgan fingerprint density at radius 1 is 1.26 bits per heavy atom. The minimum absolute atomic E-state index is 0.100. The van der Waals surface area contributed by atoms with Gasteiger partial charge in [-0.2, -0.15) is 0 Å². The number of nitrogens with two attached hydrogens (primary N) is 1. The molecule has 0 saturated heterocycles. The highest BCUT2D eigenvalue weighted by molar-refractivity contribution is 6.02. The van der Waals surface area contributed by atoms with Crippen molar-refractivity contribution in [2.75, 3.05) is 17.2 Å². The zero-order valence-electron chi connectivity index (χ0n) is 10.4. The SMILES string of the molecule is CC(=O)Nc1ccc(NC(=O)CCN)c(C(=O)O)c1. The molecule has 0 bridgehead atoms. The summed E-state index contributed by atoms with van der Waals surface area (Å²) >= 11 is 0. The van der Waals surface area contributed by atoms with E-state index in [-0.39, 0.29) is 36.0 Å².